The van der Waals surface area contributed by atoms with E-state index in [9.17, 15) is 18.0 Å². The average molecular weight is 420 g/mol. The SMILES string of the molecule is O=C(NCCc1ccc(S(=O)(=O)N2CCCCC2)cc1)C(=O)NCc1ccco1. The maximum Gasteiger partial charge on any atom is 0.309 e. The van der Waals surface area contributed by atoms with Crippen molar-refractivity contribution >= 4 is 21.8 Å². The number of carbonyl (C=O) groups is 2. The highest BCUT2D eigenvalue weighted by Crippen LogP contribution is 2.20. The predicted octanol–water partition coefficient (Wildman–Crippen LogP) is 1.43. The minimum atomic E-state index is -3.45. The van der Waals surface area contributed by atoms with E-state index in [-0.39, 0.29) is 18.0 Å². The summed E-state index contributed by atoms with van der Waals surface area (Å²) in [6, 6.07) is 10.1. The Bertz CT molecular complexity index is 918. The van der Waals surface area contributed by atoms with Gasteiger partial charge in [-0.25, -0.2) is 8.42 Å². The van der Waals surface area contributed by atoms with Crippen molar-refractivity contribution in [2.75, 3.05) is 19.6 Å². The summed E-state index contributed by atoms with van der Waals surface area (Å²) in [5, 5.41) is 5.02. The van der Waals surface area contributed by atoms with Crippen molar-refractivity contribution in [3.8, 4) is 0 Å². The lowest BCUT2D eigenvalue weighted by Gasteiger charge is -2.25. The van der Waals surface area contributed by atoms with Crippen LogP contribution >= 0.6 is 0 Å². The molecule has 0 bridgehead atoms. The fourth-order valence-electron chi connectivity index (χ4n) is 3.14. The topological polar surface area (TPSA) is 109 Å². The lowest BCUT2D eigenvalue weighted by atomic mass is 10.1. The largest absolute Gasteiger partial charge is 0.467 e. The quantitative estimate of drug-likeness (QED) is 0.660. The highest BCUT2D eigenvalue weighted by atomic mass is 32.2. The smallest absolute Gasteiger partial charge is 0.309 e. The van der Waals surface area contributed by atoms with Crippen LogP contribution in [0.2, 0.25) is 0 Å². The molecular formula is C20H25N3O5S. The van der Waals surface area contributed by atoms with E-state index in [1.165, 1.54) is 10.6 Å². The molecule has 1 aromatic heterocycles. The number of sulfonamides is 1. The summed E-state index contributed by atoms with van der Waals surface area (Å²) < 4.78 is 31.9. The normalized spacial score (nSPS) is 15.0. The molecule has 1 saturated heterocycles. The zero-order chi connectivity index (χ0) is 20.7. The summed E-state index contributed by atoms with van der Waals surface area (Å²) in [5.74, 6) is -0.893. The summed E-state index contributed by atoms with van der Waals surface area (Å²) in [6.07, 6.45) is 4.83. The second-order valence-corrected chi connectivity index (χ2v) is 8.81. The molecule has 8 nitrogen and oxygen atoms in total. The average Bonchev–Trinajstić information content (AvgIpc) is 3.26. The van der Waals surface area contributed by atoms with Gasteiger partial charge in [0.25, 0.3) is 0 Å². The van der Waals surface area contributed by atoms with Crippen LogP contribution in [0.4, 0.5) is 0 Å². The van der Waals surface area contributed by atoms with Crippen LogP contribution in [0.3, 0.4) is 0 Å². The molecule has 0 atom stereocenters. The van der Waals surface area contributed by atoms with Crippen molar-refractivity contribution in [3.63, 3.8) is 0 Å². The van der Waals surface area contributed by atoms with Gasteiger partial charge in [-0.2, -0.15) is 4.31 Å². The molecule has 0 aliphatic carbocycles. The number of hydrogen-bond donors (Lipinski definition) is 2. The number of furan rings is 1. The molecule has 0 unspecified atom stereocenters. The van der Waals surface area contributed by atoms with Gasteiger partial charge in [-0.3, -0.25) is 9.59 Å². The Morgan fingerprint density at radius 1 is 0.966 bits per heavy atom. The molecule has 1 aliphatic rings. The van der Waals surface area contributed by atoms with Gasteiger partial charge >= 0.3 is 11.8 Å². The van der Waals surface area contributed by atoms with Crippen molar-refractivity contribution in [2.45, 2.75) is 37.1 Å². The maximum atomic E-state index is 12.6. The Hall–Kier alpha value is -2.65. The van der Waals surface area contributed by atoms with Gasteiger partial charge in [0, 0.05) is 19.6 Å². The molecule has 3 rings (SSSR count). The van der Waals surface area contributed by atoms with Gasteiger partial charge in [-0.15, -0.1) is 0 Å². The van der Waals surface area contributed by atoms with Crippen molar-refractivity contribution < 1.29 is 22.4 Å². The monoisotopic (exact) mass is 419 g/mol. The third-order valence-corrected chi connectivity index (χ3v) is 6.70. The molecule has 2 N–H and O–H groups in total. The maximum absolute atomic E-state index is 12.6. The lowest BCUT2D eigenvalue weighted by Crippen LogP contribution is -2.40. The number of benzene rings is 1. The van der Waals surface area contributed by atoms with Gasteiger partial charge in [0.2, 0.25) is 10.0 Å². The predicted molar refractivity (Wildman–Crippen MR) is 106 cm³/mol. The second-order valence-electron chi connectivity index (χ2n) is 6.88. The van der Waals surface area contributed by atoms with Crippen LogP contribution in [0, 0.1) is 0 Å². The molecule has 1 aliphatic heterocycles. The highest BCUT2D eigenvalue weighted by Gasteiger charge is 2.25. The van der Waals surface area contributed by atoms with Crippen molar-refractivity contribution in [1.29, 1.82) is 0 Å². The van der Waals surface area contributed by atoms with Crippen molar-refractivity contribution in [1.82, 2.24) is 14.9 Å². The summed E-state index contributed by atoms with van der Waals surface area (Å²) in [5.41, 5.74) is 0.874. The Labute approximate surface area is 170 Å². The number of nitrogens with one attached hydrogen (secondary N) is 2. The molecule has 2 amide bonds. The van der Waals surface area contributed by atoms with E-state index in [2.05, 4.69) is 10.6 Å². The molecule has 0 saturated carbocycles. The van der Waals surface area contributed by atoms with Gasteiger partial charge in [0.15, 0.2) is 0 Å². The third-order valence-electron chi connectivity index (χ3n) is 4.78. The molecular weight excluding hydrogens is 394 g/mol. The molecule has 0 spiro atoms. The van der Waals surface area contributed by atoms with Crippen molar-refractivity contribution in [3.05, 3.63) is 54.0 Å². The molecule has 0 radical (unpaired) electrons. The fourth-order valence-corrected chi connectivity index (χ4v) is 4.66. The van der Waals surface area contributed by atoms with Crippen LogP contribution in [-0.2, 0) is 32.6 Å². The number of rotatable bonds is 7. The van der Waals surface area contributed by atoms with E-state index in [4.69, 9.17) is 4.42 Å². The first-order chi connectivity index (χ1) is 14.0. The summed E-state index contributed by atoms with van der Waals surface area (Å²) in [7, 11) is -3.45. The number of amides is 2. The first-order valence-corrected chi connectivity index (χ1v) is 11.1. The minimum Gasteiger partial charge on any atom is -0.467 e. The van der Waals surface area contributed by atoms with Gasteiger partial charge in [0.05, 0.1) is 17.7 Å². The first kappa shape index (κ1) is 21.1. The molecule has 1 aromatic carbocycles. The third kappa shape index (κ3) is 5.68. The minimum absolute atomic E-state index is 0.145. The Morgan fingerprint density at radius 3 is 2.31 bits per heavy atom. The van der Waals surface area contributed by atoms with E-state index < -0.39 is 21.8 Å². The standard InChI is InChI=1S/C20H25N3O5S/c24-19(20(25)22-15-17-5-4-14-28-17)21-11-10-16-6-8-18(9-7-16)29(26,27)23-12-2-1-3-13-23/h4-9,14H,1-3,10-13,15H2,(H,21,24)(H,22,25). The van der Waals surface area contributed by atoms with Crippen LogP contribution in [0.15, 0.2) is 52.0 Å². The number of hydrogen-bond acceptors (Lipinski definition) is 5. The zero-order valence-corrected chi connectivity index (χ0v) is 16.9. The van der Waals surface area contributed by atoms with Gasteiger partial charge < -0.3 is 15.1 Å². The van der Waals surface area contributed by atoms with E-state index in [0.717, 1.165) is 24.8 Å². The Balaban J connectivity index is 1.45. The lowest BCUT2D eigenvalue weighted by molar-refractivity contribution is -0.139. The second kappa shape index (κ2) is 9.71. The van der Waals surface area contributed by atoms with E-state index in [0.29, 0.717) is 25.3 Å². The summed E-state index contributed by atoms with van der Waals surface area (Å²) in [6.45, 7) is 1.55. The van der Waals surface area contributed by atoms with Crippen LogP contribution in [-0.4, -0.2) is 44.2 Å². The van der Waals surface area contributed by atoms with Crippen LogP contribution in [0.25, 0.3) is 0 Å². The van der Waals surface area contributed by atoms with E-state index >= 15 is 0 Å². The molecule has 9 heteroatoms. The zero-order valence-electron chi connectivity index (χ0n) is 16.1. The van der Waals surface area contributed by atoms with Crippen LogP contribution < -0.4 is 10.6 Å². The van der Waals surface area contributed by atoms with Crippen molar-refractivity contribution in [2.24, 2.45) is 0 Å². The first-order valence-electron chi connectivity index (χ1n) is 9.64. The molecule has 1 fully saturated rings. The molecule has 2 aromatic rings. The summed E-state index contributed by atoms with van der Waals surface area (Å²) >= 11 is 0. The number of nitrogens with zero attached hydrogens (tertiary/aromatic N) is 1. The highest BCUT2D eigenvalue weighted by molar-refractivity contribution is 7.89. The Kier molecular flexibility index (Phi) is 7.05. The van der Waals surface area contributed by atoms with E-state index in [1.54, 1.807) is 36.4 Å². The van der Waals surface area contributed by atoms with Crippen LogP contribution in [0.5, 0.6) is 0 Å². The Morgan fingerprint density at radius 2 is 1.66 bits per heavy atom. The van der Waals surface area contributed by atoms with Gasteiger partial charge in [-0.1, -0.05) is 18.6 Å². The van der Waals surface area contributed by atoms with Crippen LogP contribution in [0.1, 0.15) is 30.6 Å². The number of carbonyl (C=O) groups excluding carboxylic acids is 2. The fraction of sp³-hybridized carbons (Fsp3) is 0.400. The molecule has 2 heterocycles. The van der Waals surface area contributed by atoms with E-state index in [1.807, 2.05) is 0 Å². The molecule has 156 valence electrons. The van der Waals surface area contributed by atoms with Gasteiger partial charge in [0.1, 0.15) is 5.76 Å². The number of piperidine rings is 1. The summed E-state index contributed by atoms with van der Waals surface area (Å²) in [4.78, 5) is 23.8. The molecule has 29 heavy (non-hydrogen) atoms. The van der Waals surface area contributed by atoms with Gasteiger partial charge in [-0.05, 0) is 49.1 Å².